The second-order valence-corrected chi connectivity index (χ2v) is 4.09. The standard InChI is InChI=1S/C8H13NO4S.Na/c1-3-13-7(2)9-6-4-5-8(9)14(10,11)12;/h4-7H,3H2,1-2H3,(H,10,11,12);/q;+1/p-1. The Morgan fingerprint density at radius 2 is 2.20 bits per heavy atom. The molecule has 0 saturated heterocycles. The van der Waals surface area contributed by atoms with E-state index in [0.717, 1.165) is 0 Å². The molecule has 0 radical (unpaired) electrons. The number of aromatic nitrogens is 1. The van der Waals surface area contributed by atoms with Crippen molar-refractivity contribution in [1.29, 1.82) is 0 Å². The molecule has 1 atom stereocenters. The molecule has 1 heterocycles. The van der Waals surface area contributed by atoms with Crippen LogP contribution in [0.1, 0.15) is 20.1 Å². The van der Waals surface area contributed by atoms with Gasteiger partial charge in [-0.1, -0.05) is 0 Å². The summed E-state index contributed by atoms with van der Waals surface area (Å²) in [7, 11) is -4.42. The Labute approximate surface area is 111 Å². The molecule has 0 amide bonds. The fourth-order valence-electron chi connectivity index (χ4n) is 1.21. The minimum Gasteiger partial charge on any atom is -0.743 e. The van der Waals surface area contributed by atoms with Gasteiger partial charge in [0.1, 0.15) is 21.4 Å². The maximum atomic E-state index is 10.8. The summed E-state index contributed by atoms with van der Waals surface area (Å²) < 4.78 is 38.9. The van der Waals surface area contributed by atoms with E-state index in [-0.39, 0.29) is 34.6 Å². The Morgan fingerprint density at radius 1 is 1.60 bits per heavy atom. The van der Waals surface area contributed by atoms with Crippen LogP contribution in [-0.2, 0) is 14.9 Å². The summed E-state index contributed by atoms with van der Waals surface area (Å²) in [4.78, 5) is 0. The van der Waals surface area contributed by atoms with E-state index in [0.29, 0.717) is 6.61 Å². The first kappa shape index (κ1) is 15.2. The van der Waals surface area contributed by atoms with Gasteiger partial charge in [0.25, 0.3) is 0 Å². The Kier molecular flexibility index (Phi) is 6.09. The fraction of sp³-hybridized carbons (Fsp3) is 0.500. The monoisotopic (exact) mass is 241 g/mol. The van der Waals surface area contributed by atoms with Crippen molar-refractivity contribution >= 4 is 10.1 Å². The van der Waals surface area contributed by atoms with Crippen LogP contribution in [0.25, 0.3) is 0 Å². The van der Waals surface area contributed by atoms with E-state index >= 15 is 0 Å². The number of hydrogen-bond acceptors (Lipinski definition) is 4. The molecule has 15 heavy (non-hydrogen) atoms. The van der Waals surface area contributed by atoms with Gasteiger partial charge in [-0.15, -0.1) is 0 Å². The SMILES string of the molecule is CCOC(C)n1cccc1S(=O)(=O)[O-].[Na+]. The van der Waals surface area contributed by atoms with Crippen molar-refractivity contribution in [2.75, 3.05) is 6.61 Å². The second kappa shape index (κ2) is 6.03. The summed E-state index contributed by atoms with van der Waals surface area (Å²) in [6, 6.07) is 2.76. The third-order valence-electron chi connectivity index (χ3n) is 1.80. The molecule has 80 valence electrons. The van der Waals surface area contributed by atoms with Crippen LogP contribution in [0, 0.1) is 0 Å². The number of rotatable bonds is 4. The van der Waals surface area contributed by atoms with Crippen LogP contribution in [0.5, 0.6) is 0 Å². The van der Waals surface area contributed by atoms with E-state index in [2.05, 4.69) is 0 Å². The summed E-state index contributed by atoms with van der Waals surface area (Å²) in [6.07, 6.45) is 1.05. The smallest absolute Gasteiger partial charge is 0.743 e. The Balaban J connectivity index is 0.00000196. The van der Waals surface area contributed by atoms with Gasteiger partial charge in [-0.25, -0.2) is 8.42 Å². The number of ether oxygens (including phenoxy) is 1. The Morgan fingerprint density at radius 3 is 2.67 bits per heavy atom. The third kappa shape index (κ3) is 3.90. The first-order valence-electron chi connectivity index (χ1n) is 4.21. The van der Waals surface area contributed by atoms with Gasteiger partial charge in [-0.3, -0.25) is 0 Å². The molecule has 1 rings (SSSR count). The zero-order valence-corrected chi connectivity index (χ0v) is 11.8. The van der Waals surface area contributed by atoms with Gasteiger partial charge in [-0.2, -0.15) is 0 Å². The van der Waals surface area contributed by atoms with Gasteiger partial charge in [0.2, 0.25) is 0 Å². The van der Waals surface area contributed by atoms with E-state index < -0.39 is 16.3 Å². The van der Waals surface area contributed by atoms with Crippen molar-refractivity contribution in [2.45, 2.75) is 25.1 Å². The molecule has 1 unspecified atom stereocenters. The van der Waals surface area contributed by atoms with Crippen molar-refractivity contribution < 1.29 is 47.3 Å². The molecule has 5 nitrogen and oxygen atoms in total. The molecule has 0 aliphatic heterocycles. The molecule has 0 spiro atoms. The van der Waals surface area contributed by atoms with Gasteiger partial charge < -0.3 is 13.9 Å². The zero-order valence-electron chi connectivity index (χ0n) is 9.00. The van der Waals surface area contributed by atoms with Crippen molar-refractivity contribution in [1.82, 2.24) is 4.57 Å². The van der Waals surface area contributed by atoms with Gasteiger partial charge >= 0.3 is 29.6 Å². The molecule has 0 aromatic carbocycles. The largest absolute Gasteiger partial charge is 1.00 e. The van der Waals surface area contributed by atoms with Crippen molar-refractivity contribution in [3.63, 3.8) is 0 Å². The maximum Gasteiger partial charge on any atom is 1.00 e. The molecule has 1 aromatic rings. The normalized spacial score (nSPS) is 13.3. The molecular formula is C8H12NNaO4S. The van der Waals surface area contributed by atoms with Crippen LogP contribution in [0.3, 0.4) is 0 Å². The van der Waals surface area contributed by atoms with Gasteiger partial charge in [0.15, 0.2) is 0 Å². The summed E-state index contributed by atoms with van der Waals surface area (Å²) in [6.45, 7) is 3.93. The first-order valence-corrected chi connectivity index (χ1v) is 5.62. The zero-order chi connectivity index (χ0) is 10.8. The molecule has 0 bridgehead atoms. The fourth-order valence-corrected chi connectivity index (χ4v) is 1.92. The van der Waals surface area contributed by atoms with Crippen molar-refractivity contribution in [3.05, 3.63) is 18.3 Å². The second-order valence-electron chi connectivity index (χ2n) is 2.76. The minimum absolute atomic E-state index is 0. The van der Waals surface area contributed by atoms with Crippen LogP contribution in [0.15, 0.2) is 23.4 Å². The van der Waals surface area contributed by atoms with E-state index in [4.69, 9.17) is 4.74 Å². The Bertz CT molecular complexity index is 401. The van der Waals surface area contributed by atoms with Crippen LogP contribution in [-0.4, -0.2) is 24.1 Å². The van der Waals surface area contributed by atoms with Crippen LogP contribution in [0.2, 0.25) is 0 Å². The van der Waals surface area contributed by atoms with Crippen LogP contribution >= 0.6 is 0 Å². The molecule has 7 heteroatoms. The van der Waals surface area contributed by atoms with E-state index in [1.807, 2.05) is 0 Å². The van der Waals surface area contributed by atoms with Gasteiger partial charge in [0.05, 0.1) is 0 Å². The van der Waals surface area contributed by atoms with E-state index in [1.165, 1.54) is 22.9 Å². The molecule has 0 fully saturated rings. The molecule has 0 saturated carbocycles. The number of hydrogen-bond donors (Lipinski definition) is 0. The first-order chi connectivity index (χ1) is 6.46. The molecule has 0 N–H and O–H groups in total. The average Bonchev–Trinajstić information content (AvgIpc) is 2.50. The average molecular weight is 241 g/mol. The van der Waals surface area contributed by atoms with Crippen molar-refractivity contribution in [2.24, 2.45) is 0 Å². The third-order valence-corrected chi connectivity index (χ3v) is 2.65. The molecule has 1 aromatic heterocycles. The predicted octanol–water partition coefficient (Wildman–Crippen LogP) is -2.05. The maximum absolute atomic E-state index is 10.8. The van der Waals surface area contributed by atoms with Gasteiger partial charge in [-0.05, 0) is 26.0 Å². The quantitative estimate of drug-likeness (QED) is 0.449. The minimum atomic E-state index is -4.42. The molecule has 0 aliphatic rings. The predicted molar refractivity (Wildman–Crippen MR) is 48.7 cm³/mol. The van der Waals surface area contributed by atoms with E-state index in [1.54, 1.807) is 13.8 Å². The molecular weight excluding hydrogens is 229 g/mol. The number of nitrogens with zero attached hydrogens (tertiary/aromatic N) is 1. The van der Waals surface area contributed by atoms with Crippen molar-refractivity contribution in [3.8, 4) is 0 Å². The summed E-state index contributed by atoms with van der Waals surface area (Å²) in [5.74, 6) is 0. The summed E-state index contributed by atoms with van der Waals surface area (Å²) >= 11 is 0. The Hall–Kier alpha value is 0.150. The summed E-state index contributed by atoms with van der Waals surface area (Å²) in [5.41, 5.74) is 0. The summed E-state index contributed by atoms with van der Waals surface area (Å²) in [5, 5.41) is -0.265. The molecule has 0 aliphatic carbocycles. The van der Waals surface area contributed by atoms with Gasteiger partial charge in [0, 0.05) is 12.8 Å². The van der Waals surface area contributed by atoms with Crippen LogP contribution < -0.4 is 29.6 Å². The van der Waals surface area contributed by atoms with Crippen LogP contribution in [0.4, 0.5) is 0 Å². The topological polar surface area (TPSA) is 71.4 Å². The van der Waals surface area contributed by atoms with E-state index in [9.17, 15) is 13.0 Å².